The molecule has 180 valence electrons. The number of aliphatic carboxylic acids is 1. The number of fused-ring (bicyclic) bond motifs is 1. The van der Waals surface area contributed by atoms with E-state index in [1.54, 1.807) is 12.1 Å². The SMILES string of the molecule is O=C(O)CN1CC(OC2CCN(c3ccc4c(c3)C(=O)N(C3CCC(=O)NC3=O)C4=O)CC2)C1. The third-order valence-electron chi connectivity index (χ3n) is 6.90. The first kappa shape index (κ1) is 22.5. The molecular weight excluding hydrogens is 444 g/mol. The van der Waals surface area contributed by atoms with Gasteiger partial charge in [0.25, 0.3) is 11.8 Å². The maximum atomic E-state index is 13.0. The summed E-state index contributed by atoms with van der Waals surface area (Å²) in [4.78, 5) is 65.2. The normalized spacial score (nSPS) is 24.3. The Morgan fingerprint density at radius 1 is 1.00 bits per heavy atom. The lowest BCUT2D eigenvalue weighted by atomic mass is 10.0. The highest BCUT2D eigenvalue weighted by Crippen LogP contribution is 2.32. The van der Waals surface area contributed by atoms with Crippen molar-refractivity contribution in [3.05, 3.63) is 29.3 Å². The molecule has 1 atom stereocenters. The molecule has 3 saturated heterocycles. The third kappa shape index (κ3) is 4.16. The zero-order valence-corrected chi connectivity index (χ0v) is 18.6. The van der Waals surface area contributed by atoms with Gasteiger partial charge in [-0.3, -0.25) is 39.1 Å². The van der Waals surface area contributed by atoms with Crippen LogP contribution in [0.4, 0.5) is 5.69 Å². The quantitative estimate of drug-likeness (QED) is 0.544. The number of carbonyl (C=O) groups is 5. The molecule has 4 amide bonds. The highest BCUT2D eigenvalue weighted by molar-refractivity contribution is 6.23. The van der Waals surface area contributed by atoms with E-state index in [-0.39, 0.29) is 42.7 Å². The molecule has 11 nitrogen and oxygen atoms in total. The minimum Gasteiger partial charge on any atom is -0.480 e. The first-order valence-electron chi connectivity index (χ1n) is 11.5. The van der Waals surface area contributed by atoms with Crippen LogP contribution in [-0.2, 0) is 19.1 Å². The number of carboxylic acids is 1. The Labute approximate surface area is 195 Å². The summed E-state index contributed by atoms with van der Waals surface area (Å²) in [6.45, 7) is 2.77. The van der Waals surface area contributed by atoms with Gasteiger partial charge in [0.05, 0.1) is 29.9 Å². The van der Waals surface area contributed by atoms with E-state index in [9.17, 15) is 24.0 Å². The highest BCUT2D eigenvalue weighted by Gasteiger charge is 2.44. The molecule has 0 aromatic heterocycles. The van der Waals surface area contributed by atoms with Crippen molar-refractivity contribution in [1.82, 2.24) is 15.1 Å². The van der Waals surface area contributed by atoms with Gasteiger partial charge in [-0.1, -0.05) is 0 Å². The topological polar surface area (TPSA) is 137 Å². The van der Waals surface area contributed by atoms with Crippen LogP contribution in [-0.4, -0.2) is 95.5 Å². The Bertz CT molecular complexity index is 1060. The largest absolute Gasteiger partial charge is 0.480 e. The van der Waals surface area contributed by atoms with Gasteiger partial charge in [0.1, 0.15) is 6.04 Å². The standard InChI is InChI=1S/C23H26N4O7/c28-19-4-3-18(21(31)24-19)27-22(32)16-2-1-13(9-17(16)23(27)33)26-7-5-14(6-8-26)34-15-10-25(11-15)12-20(29)30/h1-2,9,14-15,18H,3-8,10-12H2,(H,29,30)(H,24,28,31). The van der Waals surface area contributed by atoms with E-state index in [4.69, 9.17) is 9.84 Å². The number of amides is 4. The minimum absolute atomic E-state index is 0.0405. The minimum atomic E-state index is -0.973. The van der Waals surface area contributed by atoms with E-state index < -0.39 is 35.6 Å². The van der Waals surface area contributed by atoms with Gasteiger partial charge in [-0.25, -0.2) is 0 Å². The first-order valence-corrected chi connectivity index (χ1v) is 11.5. The molecule has 0 spiro atoms. The molecule has 2 N–H and O–H groups in total. The molecule has 1 unspecified atom stereocenters. The second kappa shape index (κ2) is 8.80. The number of carbonyl (C=O) groups excluding carboxylic acids is 4. The van der Waals surface area contributed by atoms with Crippen LogP contribution in [0.1, 0.15) is 46.4 Å². The summed E-state index contributed by atoms with van der Waals surface area (Å²) < 4.78 is 6.10. The fourth-order valence-electron chi connectivity index (χ4n) is 5.11. The van der Waals surface area contributed by atoms with Crippen molar-refractivity contribution >= 4 is 35.3 Å². The predicted molar refractivity (Wildman–Crippen MR) is 117 cm³/mol. The van der Waals surface area contributed by atoms with E-state index in [0.717, 1.165) is 36.5 Å². The van der Waals surface area contributed by atoms with Gasteiger partial charge in [0.15, 0.2) is 0 Å². The molecule has 4 aliphatic heterocycles. The maximum absolute atomic E-state index is 13.0. The van der Waals surface area contributed by atoms with Crippen molar-refractivity contribution in [2.45, 2.75) is 43.9 Å². The number of rotatable bonds is 6. The van der Waals surface area contributed by atoms with E-state index in [2.05, 4.69) is 10.2 Å². The van der Waals surface area contributed by atoms with E-state index in [1.807, 2.05) is 11.0 Å². The molecule has 1 aromatic rings. The Kier molecular flexibility index (Phi) is 5.82. The molecule has 0 aliphatic carbocycles. The summed E-state index contributed by atoms with van der Waals surface area (Å²) in [6.07, 6.45) is 2.01. The van der Waals surface area contributed by atoms with Gasteiger partial charge >= 0.3 is 5.97 Å². The van der Waals surface area contributed by atoms with Crippen LogP contribution in [0.25, 0.3) is 0 Å². The molecule has 0 bridgehead atoms. The Morgan fingerprint density at radius 3 is 2.38 bits per heavy atom. The van der Waals surface area contributed by atoms with Crippen LogP contribution >= 0.6 is 0 Å². The smallest absolute Gasteiger partial charge is 0.317 e. The van der Waals surface area contributed by atoms with Gasteiger partial charge in [0, 0.05) is 38.3 Å². The molecule has 11 heteroatoms. The number of imide groups is 2. The molecule has 0 radical (unpaired) electrons. The molecular formula is C23H26N4O7. The number of hydrogen-bond acceptors (Lipinski definition) is 8. The Balaban J connectivity index is 1.19. The molecule has 4 heterocycles. The number of carboxylic acid groups (broad SMARTS) is 1. The van der Waals surface area contributed by atoms with Crippen LogP contribution in [0.15, 0.2) is 18.2 Å². The van der Waals surface area contributed by atoms with Crippen LogP contribution < -0.4 is 10.2 Å². The second-order valence-corrected chi connectivity index (χ2v) is 9.21. The number of piperidine rings is 2. The number of nitrogens with zero attached hydrogens (tertiary/aromatic N) is 3. The summed E-state index contributed by atoms with van der Waals surface area (Å²) in [5.41, 5.74) is 1.38. The lowest BCUT2D eigenvalue weighted by Gasteiger charge is -2.42. The zero-order valence-electron chi connectivity index (χ0n) is 18.6. The van der Waals surface area contributed by atoms with Crippen LogP contribution in [0.5, 0.6) is 0 Å². The number of likely N-dealkylation sites (tertiary alicyclic amines) is 1. The maximum Gasteiger partial charge on any atom is 0.317 e. The van der Waals surface area contributed by atoms with Crippen molar-refractivity contribution in [3.63, 3.8) is 0 Å². The summed E-state index contributed by atoms with van der Waals surface area (Å²) in [6, 6.07) is 4.18. The highest BCUT2D eigenvalue weighted by atomic mass is 16.5. The van der Waals surface area contributed by atoms with Crippen molar-refractivity contribution in [2.24, 2.45) is 0 Å². The van der Waals surface area contributed by atoms with E-state index in [0.29, 0.717) is 13.1 Å². The van der Waals surface area contributed by atoms with Gasteiger partial charge in [-0.2, -0.15) is 0 Å². The van der Waals surface area contributed by atoms with Crippen molar-refractivity contribution in [1.29, 1.82) is 0 Å². The summed E-state index contributed by atoms with van der Waals surface area (Å²) >= 11 is 0. The monoisotopic (exact) mass is 470 g/mol. The lowest BCUT2D eigenvalue weighted by molar-refractivity contribution is -0.145. The number of hydrogen-bond donors (Lipinski definition) is 2. The fraction of sp³-hybridized carbons (Fsp3) is 0.522. The summed E-state index contributed by atoms with van der Waals surface area (Å²) in [5.74, 6) is -2.87. The van der Waals surface area contributed by atoms with Crippen molar-refractivity contribution < 1.29 is 33.8 Å². The average Bonchev–Trinajstić information content (AvgIpc) is 3.02. The van der Waals surface area contributed by atoms with Crippen LogP contribution in [0.2, 0.25) is 0 Å². The van der Waals surface area contributed by atoms with Crippen molar-refractivity contribution in [2.75, 3.05) is 37.6 Å². The van der Waals surface area contributed by atoms with Gasteiger partial charge in [0.2, 0.25) is 11.8 Å². The first-order chi connectivity index (χ1) is 16.3. The van der Waals surface area contributed by atoms with Crippen LogP contribution in [0.3, 0.4) is 0 Å². The number of benzene rings is 1. The molecule has 0 saturated carbocycles. The Morgan fingerprint density at radius 2 is 1.71 bits per heavy atom. The molecule has 1 aromatic carbocycles. The zero-order chi connectivity index (χ0) is 24.0. The van der Waals surface area contributed by atoms with Gasteiger partial charge in [-0.05, 0) is 37.5 Å². The third-order valence-corrected chi connectivity index (χ3v) is 6.90. The number of nitrogens with one attached hydrogen (secondary N) is 1. The molecule has 5 rings (SSSR count). The fourth-order valence-corrected chi connectivity index (χ4v) is 5.11. The lowest BCUT2D eigenvalue weighted by Crippen LogP contribution is -2.55. The molecule has 34 heavy (non-hydrogen) atoms. The second-order valence-electron chi connectivity index (χ2n) is 9.21. The average molecular weight is 470 g/mol. The Hall–Kier alpha value is -3.31. The summed E-state index contributed by atoms with van der Waals surface area (Å²) in [5, 5.41) is 11.0. The van der Waals surface area contributed by atoms with Crippen molar-refractivity contribution in [3.8, 4) is 0 Å². The molecule has 4 aliphatic rings. The number of ether oxygens (including phenoxy) is 1. The van der Waals surface area contributed by atoms with Crippen LogP contribution in [0, 0.1) is 0 Å². The predicted octanol–water partition coefficient (Wildman–Crippen LogP) is -0.158. The number of anilines is 1. The molecule has 3 fully saturated rings. The van der Waals surface area contributed by atoms with E-state index in [1.165, 1.54) is 0 Å². The van der Waals surface area contributed by atoms with Gasteiger partial charge < -0.3 is 14.7 Å². The van der Waals surface area contributed by atoms with Gasteiger partial charge in [-0.15, -0.1) is 0 Å². The summed E-state index contributed by atoms with van der Waals surface area (Å²) in [7, 11) is 0. The van der Waals surface area contributed by atoms with E-state index >= 15 is 0 Å².